The van der Waals surface area contributed by atoms with Crippen LogP contribution in [0.1, 0.15) is 21.5 Å². The first-order valence-electron chi connectivity index (χ1n) is 8.73. The Morgan fingerprint density at radius 3 is 2.10 bits per heavy atom. The highest BCUT2D eigenvalue weighted by Crippen LogP contribution is 2.30. The number of fused-ring (bicyclic) bond motifs is 2. The van der Waals surface area contributed by atoms with Crippen molar-refractivity contribution in [2.75, 3.05) is 5.01 Å². The molecular formula is C21H17N3O5. The maximum Gasteiger partial charge on any atom is 0.339 e. The second-order valence-electron chi connectivity index (χ2n) is 6.73. The van der Waals surface area contributed by atoms with Gasteiger partial charge in [-0.05, 0) is 43.7 Å². The van der Waals surface area contributed by atoms with E-state index in [9.17, 15) is 14.4 Å². The first kappa shape index (κ1) is 18.5. The predicted octanol–water partition coefficient (Wildman–Crippen LogP) is 2.63. The van der Waals surface area contributed by atoms with Gasteiger partial charge in [0.05, 0.1) is 16.9 Å². The molecule has 0 spiro atoms. The first-order chi connectivity index (χ1) is 13.8. The molecule has 4 N–H and O–H groups in total. The largest absolute Gasteiger partial charge is 0.423 e. The number of primary amides is 1. The van der Waals surface area contributed by atoms with Gasteiger partial charge in [-0.15, -0.1) is 0 Å². The highest BCUT2D eigenvalue weighted by atomic mass is 16.4. The Hall–Kier alpha value is -3.91. The van der Waals surface area contributed by atoms with Crippen LogP contribution in [0.2, 0.25) is 0 Å². The van der Waals surface area contributed by atoms with Crippen molar-refractivity contribution in [3.8, 4) is 0 Å². The molecule has 0 saturated heterocycles. The molecule has 4 aromatic rings. The Kier molecular flexibility index (Phi) is 4.20. The minimum atomic E-state index is -0.710. The fourth-order valence-corrected chi connectivity index (χ4v) is 3.36. The van der Waals surface area contributed by atoms with Crippen molar-refractivity contribution in [2.24, 2.45) is 11.6 Å². The van der Waals surface area contributed by atoms with E-state index in [1.807, 2.05) is 6.92 Å². The normalized spacial score (nSPS) is 11.1. The van der Waals surface area contributed by atoms with Crippen LogP contribution in [-0.2, 0) is 0 Å². The standard InChI is InChI=1S/C21H17N3O5/c1-10-7-18(25)28-16-8-12(3-5-14(10)16)24(23)13-4-6-15-17(9-13)29-21(27)11(2)19(15)20(22)26/h3-9H,23H2,1-2H3,(H2,22,26). The monoisotopic (exact) mass is 391 g/mol. The van der Waals surface area contributed by atoms with E-state index in [1.54, 1.807) is 36.4 Å². The van der Waals surface area contributed by atoms with E-state index in [-0.39, 0.29) is 16.7 Å². The second kappa shape index (κ2) is 6.61. The summed E-state index contributed by atoms with van der Waals surface area (Å²) in [4.78, 5) is 35.5. The van der Waals surface area contributed by atoms with Crippen LogP contribution in [0, 0.1) is 13.8 Å². The van der Waals surface area contributed by atoms with Crippen molar-refractivity contribution in [1.82, 2.24) is 0 Å². The third-order valence-corrected chi connectivity index (χ3v) is 4.86. The van der Waals surface area contributed by atoms with E-state index in [0.29, 0.717) is 22.3 Å². The summed E-state index contributed by atoms with van der Waals surface area (Å²) >= 11 is 0. The van der Waals surface area contributed by atoms with E-state index < -0.39 is 17.2 Å². The molecular weight excluding hydrogens is 374 g/mol. The molecule has 2 aromatic carbocycles. The number of amides is 1. The molecule has 4 rings (SSSR count). The molecule has 0 radical (unpaired) electrons. The van der Waals surface area contributed by atoms with E-state index in [4.69, 9.17) is 20.4 Å². The van der Waals surface area contributed by atoms with Crippen molar-refractivity contribution in [1.29, 1.82) is 0 Å². The summed E-state index contributed by atoms with van der Waals surface area (Å²) in [5.74, 6) is 5.53. The third kappa shape index (κ3) is 3.05. The zero-order valence-electron chi connectivity index (χ0n) is 15.7. The number of carbonyl (C=O) groups excluding carboxylic acids is 1. The fraction of sp³-hybridized carbons (Fsp3) is 0.0952. The Bertz CT molecular complexity index is 1420. The van der Waals surface area contributed by atoms with Crippen molar-refractivity contribution < 1.29 is 13.6 Å². The molecule has 0 aliphatic rings. The van der Waals surface area contributed by atoms with Crippen molar-refractivity contribution in [3.63, 3.8) is 0 Å². The van der Waals surface area contributed by atoms with Crippen LogP contribution >= 0.6 is 0 Å². The molecule has 2 heterocycles. The maximum absolute atomic E-state index is 12.1. The number of hydrogen-bond donors (Lipinski definition) is 2. The van der Waals surface area contributed by atoms with E-state index in [1.165, 1.54) is 18.0 Å². The van der Waals surface area contributed by atoms with Crippen LogP contribution in [0.15, 0.2) is 60.9 Å². The summed E-state index contributed by atoms with van der Waals surface area (Å²) in [7, 11) is 0. The quantitative estimate of drug-likeness (QED) is 0.311. The van der Waals surface area contributed by atoms with Crippen LogP contribution in [0.3, 0.4) is 0 Å². The van der Waals surface area contributed by atoms with Crippen LogP contribution in [0.5, 0.6) is 0 Å². The molecule has 0 fully saturated rings. The fourth-order valence-electron chi connectivity index (χ4n) is 3.36. The molecule has 29 heavy (non-hydrogen) atoms. The number of carbonyl (C=O) groups is 1. The van der Waals surface area contributed by atoms with Gasteiger partial charge in [0, 0.05) is 34.5 Å². The SMILES string of the molecule is Cc1c(C(N)=O)c2ccc(N(N)c3ccc4c(C)cc(=O)oc4c3)cc2oc1=O. The Morgan fingerprint density at radius 1 is 0.897 bits per heavy atom. The highest BCUT2D eigenvalue weighted by molar-refractivity contribution is 6.06. The lowest BCUT2D eigenvalue weighted by Crippen LogP contribution is -2.25. The molecule has 8 nitrogen and oxygen atoms in total. The molecule has 146 valence electrons. The van der Waals surface area contributed by atoms with Gasteiger partial charge in [0.1, 0.15) is 11.2 Å². The summed E-state index contributed by atoms with van der Waals surface area (Å²) in [6.07, 6.45) is 0. The lowest BCUT2D eigenvalue weighted by molar-refractivity contribution is 0.100. The van der Waals surface area contributed by atoms with E-state index in [0.717, 1.165) is 10.9 Å². The molecule has 0 aliphatic heterocycles. The number of hydrazine groups is 1. The number of nitrogens with two attached hydrogens (primary N) is 2. The summed E-state index contributed by atoms with van der Waals surface area (Å²) in [6, 6.07) is 11.5. The number of aryl methyl sites for hydroxylation is 1. The molecule has 0 unspecified atom stereocenters. The molecule has 0 bridgehead atoms. The van der Waals surface area contributed by atoms with Crippen molar-refractivity contribution >= 4 is 39.2 Å². The molecule has 0 atom stereocenters. The van der Waals surface area contributed by atoms with Crippen LogP contribution in [0.25, 0.3) is 21.9 Å². The molecule has 8 heteroatoms. The second-order valence-corrected chi connectivity index (χ2v) is 6.73. The Morgan fingerprint density at radius 2 is 1.48 bits per heavy atom. The zero-order valence-corrected chi connectivity index (χ0v) is 15.7. The minimum absolute atomic E-state index is 0.120. The van der Waals surface area contributed by atoms with Crippen LogP contribution < -0.4 is 27.8 Å². The Balaban J connectivity index is 1.85. The lowest BCUT2D eigenvalue weighted by atomic mass is 10.0. The van der Waals surface area contributed by atoms with Gasteiger partial charge in [0.15, 0.2) is 0 Å². The van der Waals surface area contributed by atoms with Gasteiger partial charge < -0.3 is 14.6 Å². The number of rotatable bonds is 3. The van der Waals surface area contributed by atoms with Gasteiger partial charge in [-0.1, -0.05) is 0 Å². The average molecular weight is 391 g/mol. The first-order valence-corrected chi connectivity index (χ1v) is 8.73. The number of benzene rings is 2. The van der Waals surface area contributed by atoms with Gasteiger partial charge in [-0.2, -0.15) is 0 Å². The van der Waals surface area contributed by atoms with Gasteiger partial charge in [-0.3, -0.25) is 9.80 Å². The van der Waals surface area contributed by atoms with Crippen LogP contribution in [0.4, 0.5) is 11.4 Å². The summed E-state index contributed by atoms with van der Waals surface area (Å²) < 4.78 is 10.6. The molecule has 1 amide bonds. The maximum atomic E-state index is 12.1. The van der Waals surface area contributed by atoms with Crippen molar-refractivity contribution in [3.05, 3.63) is 80.0 Å². The summed E-state index contributed by atoms with van der Waals surface area (Å²) in [6.45, 7) is 3.31. The zero-order chi connectivity index (χ0) is 20.9. The van der Waals surface area contributed by atoms with Crippen molar-refractivity contribution in [2.45, 2.75) is 13.8 Å². The van der Waals surface area contributed by atoms with E-state index >= 15 is 0 Å². The van der Waals surface area contributed by atoms with Gasteiger partial charge in [0.2, 0.25) is 5.91 Å². The number of hydrogen-bond acceptors (Lipinski definition) is 7. The van der Waals surface area contributed by atoms with Gasteiger partial charge in [0.25, 0.3) is 0 Å². The average Bonchev–Trinajstić information content (AvgIpc) is 2.67. The predicted molar refractivity (Wildman–Crippen MR) is 109 cm³/mol. The summed E-state index contributed by atoms with van der Waals surface area (Å²) in [5.41, 5.74) is 7.04. The highest BCUT2D eigenvalue weighted by Gasteiger charge is 2.17. The Labute approximate surface area is 163 Å². The van der Waals surface area contributed by atoms with E-state index in [2.05, 4.69) is 0 Å². The van der Waals surface area contributed by atoms with Gasteiger partial charge in [-0.25, -0.2) is 15.4 Å². The van der Waals surface area contributed by atoms with Crippen LogP contribution in [-0.4, -0.2) is 5.91 Å². The minimum Gasteiger partial charge on any atom is -0.423 e. The third-order valence-electron chi connectivity index (χ3n) is 4.86. The molecule has 2 aromatic heterocycles. The van der Waals surface area contributed by atoms with Gasteiger partial charge >= 0.3 is 11.3 Å². The number of nitrogens with zero attached hydrogens (tertiary/aromatic N) is 1. The number of anilines is 2. The lowest BCUT2D eigenvalue weighted by Gasteiger charge is -2.19. The molecule has 0 aliphatic carbocycles. The smallest absolute Gasteiger partial charge is 0.339 e. The molecule has 0 saturated carbocycles. The summed E-state index contributed by atoms with van der Waals surface area (Å²) in [5, 5.41) is 2.57. The topological polar surface area (TPSA) is 133 Å².